The molecule has 3 aromatic rings. The van der Waals surface area contributed by atoms with Gasteiger partial charge >= 0.3 is 0 Å². The van der Waals surface area contributed by atoms with Crippen molar-refractivity contribution in [3.8, 4) is 0 Å². The maximum Gasteiger partial charge on any atom is 0.267 e. The molecule has 1 aromatic heterocycles. The minimum absolute atomic E-state index is 0.0749. The van der Waals surface area contributed by atoms with E-state index in [1.807, 2.05) is 17.0 Å². The summed E-state index contributed by atoms with van der Waals surface area (Å²) in [6.45, 7) is 2.80. The maximum atomic E-state index is 12.8. The van der Waals surface area contributed by atoms with Crippen LogP contribution in [-0.4, -0.2) is 52.8 Å². The second kappa shape index (κ2) is 8.88. The van der Waals surface area contributed by atoms with Crippen LogP contribution in [0.4, 0.5) is 0 Å². The van der Waals surface area contributed by atoms with E-state index in [-0.39, 0.29) is 17.6 Å². The minimum atomic E-state index is -0.601. The van der Waals surface area contributed by atoms with Crippen LogP contribution < -0.4 is 5.73 Å². The van der Waals surface area contributed by atoms with Gasteiger partial charge in [0.2, 0.25) is 0 Å². The fourth-order valence-electron chi connectivity index (χ4n) is 3.92. The molecule has 2 aromatic carbocycles. The third kappa shape index (κ3) is 4.23. The van der Waals surface area contributed by atoms with E-state index in [4.69, 9.17) is 5.73 Å². The minimum Gasteiger partial charge on any atom is -0.364 e. The second-order valence-electron chi connectivity index (χ2n) is 7.35. The molecular weight excluding hydrogens is 376 g/mol. The van der Waals surface area contributed by atoms with E-state index in [0.717, 1.165) is 13.1 Å². The standard InChI is InChI=1S/C24H24N4O2/c25-23(29)21-12-11-20(17-26-21)24(30)28-15-13-27(14-16-28)22(18-7-3-1-4-8-18)19-9-5-2-6-10-19/h1-12,17,22H,13-16H2,(H2,25,29). The maximum absolute atomic E-state index is 12.8. The van der Waals surface area contributed by atoms with Crippen molar-refractivity contribution in [3.05, 3.63) is 101 Å². The van der Waals surface area contributed by atoms with E-state index in [0.29, 0.717) is 18.7 Å². The average Bonchev–Trinajstić information content (AvgIpc) is 2.81. The zero-order valence-corrected chi connectivity index (χ0v) is 16.6. The molecule has 1 fully saturated rings. The molecule has 0 atom stereocenters. The summed E-state index contributed by atoms with van der Waals surface area (Å²) in [5.41, 5.74) is 8.34. The van der Waals surface area contributed by atoms with Crippen molar-refractivity contribution in [1.29, 1.82) is 0 Å². The first kappa shape index (κ1) is 19.8. The van der Waals surface area contributed by atoms with Crippen LogP contribution in [0.2, 0.25) is 0 Å². The normalized spacial score (nSPS) is 14.6. The summed E-state index contributed by atoms with van der Waals surface area (Å²) in [6, 6.07) is 24.2. The van der Waals surface area contributed by atoms with Crippen LogP contribution in [0.3, 0.4) is 0 Å². The van der Waals surface area contributed by atoms with Crippen LogP contribution in [0.25, 0.3) is 0 Å². The molecule has 0 radical (unpaired) electrons. The van der Waals surface area contributed by atoms with Crippen LogP contribution in [0, 0.1) is 0 Å². The highest BCUT2D eigenvalue weighted by Gasteiger charge is 2.28. The van der Waals surface area contributed by atoms with Gasteiger partial charge < -0.3 is 10.6 Å². The molecule has 1 aliphatic heterocycles. The summed E-state index contributed by atoms with van der Waals surface area (Å²) in [6.07, 6.45) is 1.42. The highest BCUT2D eigenvalue weighted by molar-refractivity contribution is 5.95. The number of primary amides is 1. The molecule has 0 aliphatic carbocycles. The fraction of sp³-hybridized carbons (Fsp3) is 0.208. The third-order valence-electron chi connectivity index (χ3n) is 5.46. The Balaban J connectivity index is 1.48. The number of nitrogens with zero attached hydrogens (tertiary/aromatic N) is 3. The topological polar surface area (TPSA) is 79.5 Å². The number of nitrogens with two attached hydrogens (primary N) is 1. The number of pyridine rings is 1. The van der Waals surface area contributed by atoms with E-state index in [1.165, 1.54) is 23.4 Å². The molecule has 6 nitrogen and oxygen atoms in total. The summed E-state index contributed by atoms with van der Waals surface area (Å²) in [5.74, 6) is -0.676. The largest absolute Gasteiger partial charge is 0.364 e. The lowest BCUT2D eigenvalue weighted by atomic mass is 9.96. The van der Waals surface area contributed by atoms with Gasteiger partial charge in [-0.2, -0.15) is 0 Å². The van der Waals surface area contributed by atoms with E-state index < -0.39 is 5.91 Å². The quantitative estimate of drug-likeness (QED) is 0.714. The van der Waals surface area contributed by atoms with Gasteiger partial charge in [0.1, 0.15) is 5.69 Å². The lowest BCUT2D eigenvalue weighted by Crippen LogP contribution is -2.49. The average molecular weight is 400 g/mol. The number of rotatable bonds is 5. The summed E-state index contributed by atoms with van der Waals surface area (Å²) >= 11 is 0. The van der Waals surface area contributed by atoms with Crippen molar-refractivity contribution in [2.75, 3.05) is 26.2 Å². The molecule has 2 N–H and O–H groups in total. The van der Waals surface area contributed by atoms with Crippen LogP contribution in [0.1, 0.15) is 38.0 Å². The van der Waals surface area contributed by atoms with E-state index >= 15 is 0 Å². The van der Waals surface area contributed by atoms with Gasteiger partial charge in [0.25, 0.3) is 11.8 Å². The molecular formula is C24H24N4O2. The number of benzene rings is 2. The van der Waals surface area contributed by atoms with Gasteiger partial charge in [-0.1, -0.05) is 60.7 Å². The van der Waals surface area contributed by atoms with Gasteiger partial charge in [0.15, 0.2) is 0 Å². The summed E-state index contributed by atoms with van der Waals surface area (Å²) in [5, 5.41) is 0. The molecule has 2 amide bonds. The number of amides is 2. The van der Waals surface area contributed by atoms with Crippen molar-refractivity contribution in [3.63, 3.8) is 0 Å². The monoisotopic (exact) mass is 400 g/mol. The summed E-state index contributed by atoms with van der Waals surface area (Å²) in [4.78, 5) is 32.3. The number of carbonyl (C=O) groups is 2. The molecule has 2 heterocycles. The Bertz CT molecular complexity index is 959. The smallest absolute Gasteiger partial charge is 0.267 e. The molecule has 6 heteroatoms. The zero-order valence-electron chi connectivity index (χ0n) is 16.6. The molecule has 30 heavy (non-hydrogen) atoms. The van der Waals surface area contributed by atoms with Crippen molar-refractivity contribution >= 4 is 11.8 Å². The number of hydrogen-bond acceptors (Lipinski definition) is 4. The first-order chi connectivity index (χ1) is 14.6. The molecule has 0 spiro atoms. The Morgan fingerprint density at radius 3 is 1.83 bits per heavy atom. The molecule has 1 saturated heterocycles. The first-order valence-electron chi connectivity index (χ1n) is 10.0. The molecule has 0 unspecified atom stereocenters. The van der Waals surface area contributed by atoms with Crippen molar-refractivity contribution in [2.45, 2.75) is 6.04 Å². The molecule has 4 rings (SSSR count). The Morgan fingerprint density at radius 1 is 0.800 bits per heavy atom. The van der Waals surface area contributed by atoms with Crippen LogP contribution in [-0.2, 0) is 0 Å². The predicted octanol–water partition coefficient (Wildman–Crippen LogP) is 2.73. The first-order valence-corrected chi connectivity index (χ1v) is 10.0. The summed E-state index contributed by atoms with van der Waals surface area (Å²) < 4.78 is 0. The van der Waals surface area contributed by atoms with Crippen LogP contribution in [0.5, 0.6) is 0 Å². The zero-order chi connectivity index (χ0) is 20.9. The van der Waals surface area contributed by atoms with Gasteiger partial charge in [0.05, 0.1) is 11.6 Å². The molecule has 1 aliphatic rings. The Labute approximate surface area is 175 Å². The lowest BCUT2D eigenvalue weighted by Gasteiger charge is -2.39. The van der Waals surface area contributed by atoms with Crippen LogP contribution >= 0.6 is 0 Å². The number of piperazine rings is 1. The Hall–Kier alpha value is -3.51. The highest BCUT2D eigenvalue weighted by Crippen LogP contribution is 2.29. The summed E-state index contributed by atoms with van der Waals surface area (Å²) in [7, 11) is 0. The third-order valence-corrected chi connectivity index (χ3v) is 5.46. The van der Waals surface area contributed by atoms with Gasteiger partial charge in [-0.3, -0.25) is 19.5 Å². The Kier molecular flexibility index (Phi) is 5.86. The van der Waals surface area contributed by atoms with E-state index in [1.54, 1.807) is 6.07 Å². The van der Waals surface area contributed by atoms with Crippen molar-refractivity contribution in [1.82, 2.24) is 14.8 Å². The van der Waals surface area contributed by atoms with E-state index in [2.05, 4.69) is 58.4 Å². The molecule has 152 valence electrons. The second-order valence-corrected chi connectivity index (χ2v) is 7.35. The van der Waals surface area contributed by atoms with Gasteiger partial charge in [-0.05, 0) is 23.3 Å². The highest BCUT2D eigenvalue weighted by atomic mass is 16.2. The number of aromatic nitrogens is 1. The van der Waals surface area contributed by atoms with Gasteiger partial charge in [-0.25, -0.2) is 0 Å². The fourth-order valence-corrected chi connectivity index (χ4v) is 3.92. The van der Waals surface area contributed by atoms with Gasteiger partial charge in [-0.15, -0.1) is 0 Å². The lowest BCUT2D eigenvalue weighted by molar-refractivity contribution is 0.0596. The van der Waals surface area contributed by atoms with Gasteiger partial charge in [0, 0.05) is 32.4 Å². The molecule has 0 bridgehead atoms. The van der Waals surface area contributed by atoms with Crippen LogP contribution in [0.15, 0.2) is 79.0 Å². The van der Waals surface area contributed by atoms with Crippen molar-refractivity contribution in [2.24, 2.45) is 5.73 Å². The number of carbonyl (C=O) groups excluding carboxylic acids is 2. The number of hydrogen-bond donors (Lipinski definition) is 1. The Morgan fingerprint density at radius 2 is 1.37 bits per heavy atom. The SMILES string of the molecule is NC(=O)c1ccc(C(=O)N2CCN(C(c3ccccc3)c3ccccc3)CC2)cn1. The predicted molar refractivity (Wildman–Crippen MR) is 115 cm³/mol. The molecule has 0 saturated carbocycles. The van der Waals surface area contributed by atoms with Crippen molar-refractivity contribution < 1.29 is 9.59 Å². The van der Waals surface area contributed by atoms with E-state index in [9.17, 15) is 9.59 Å².